The molecule has 0 saturated heterocycles. The van der Waals surface area contributed by atoms with E-state index in [1.54, 1.807) is 0 Å². The van der Waals surface area contributed by atoms with Crippen LogP contribution in [0.3, 0.4) is 0 Å². The molecule has 0 saturated carbocycles. The lowest BCUT2D eigenvalue weighted by Crippen LogP contribution is -2.26. The van der Waals surface area contributed by atoms with Crippen LogP contribution in [-0.4, -0.2) is 22.6 Å². The normalized spacial score (nSPS) is 10.8. The van der Waals surface area contributed by atoms with Crippen LogP contribution in [0.2, 0.25) is 0 Å². The Morgan fingerprint density at radius 1 is 1.35 bits per heavy atom. The number of aromatic nitrogens is 2. The number of nitrogen functional groups attached to an aromatic ring is 1. The van der Waals surface area contributed by atoms with E-state index in [1.807, 2.05) is 44.2 Å². The van der Waals surface area contributed by atoms with Crippen molar-refractivity contribution in [1.82, 2.24) is 15.5 Å². The molecule has 20 heavy (non-hydrogen) atoms. The van der Waals surface area contributed by atoms with Crippen molar-refractivity contribution in [2.24, 2.45) is 0 Å². The largest absolute Gasteiger partial charge is 0.395 e. The molecule has 2 aromatic rings. The summed E-state index contributed by atoms with van der Waals surface area (Å²) in [6.45, 7) is 4.56. The number of anilines is 1. The van der Waals surface area contributed by atoms with E-state index in [4.69, 9.17) is 5.73 Å². The van der Waals surface area contributed by atoms with Crippen LogP contribution in [0.1, 0.15) is 41.5 Å². The summed E-state index contributed by atoms with van der Waals surface area (Å²) >= 11 is 0. The minimum absolute atomic E-state index is 0.216. The second-order valence-electron chi connectivity index (χ2n) is 5.05. The molecule has 1 aromatic heterocycles. The number of hydrogen-bond acceptors (Lipinski definition) is 3. The van der Waals surface area contributed by atoms with Crippen molar-refractivity contribution in [1.29, 1.82) is 0 Å². The number of carbonyl (C=O) groups is 1. The molecular weight excluding hydrogens is 252 g/mol. The van der Waals surface area contributed by atoms with E-state index in [9.17, 15) is 4.79 Å². The van der Waals surface area contributed by atoms with Crippen molar-refractivity contribution in [2.45, 2.75) is 26.2 Å². The van der Waals surface area contributed by atoms with Crippen molar-refractivity contribution in [3.63, 3.8) is 0 Å². The van der Waals surface area contributed by atoms with Crippen LogP contribution >= 0.6 is 0 Å². The zero-order valence-electron chi connectivity index (χ0n) is 11.8. The van der Waals surface area contributed by atoms with Crippen LogP contribution in [0.4, 0.5) is 5.69 Å². The van der Waals surface area contributed by atoms with Gasteiger partial charge in [-0.25, -0.2) is 0 Å². The highest BCUT2D eigenvalue weighted by Gasteiger charge is 2.18. The molecule has 0 unspecified atom stereocenters. The van der Waals surface area contributed by atoms with Gasteiger partial charge in [0.1, 0.15) is 0 Å². The quantitative estimate of drug-likeness (QED) is 0.779. The second-order valence-corrected chi connectivity index (χ2v) is 5.05. The number of hydrogen-bond donors (Lipinski definition) is 3. The van der Waals surface area contributed by atoms with Gasteiger partial charge in [-0.3, -0.25) is 9.89 Å². The lowest BCUT2D eigenvalue weighted by atomic mass is 10.1. The first kappa shape index (κ1) is 14.1. The number of nitrogens with zero attached hydrogens (tertiary/aromatic N) is 1. The van der Waals surface area contributed by atoms with E-state index in [0.717, 1.165) is 12.1 Å². The number of carbonyl (C=O) groups excluding carboxylic acids is 1. The summed E-state index contributed by atoms with van der Waals surface area (Å²) in [4.78, 5) is 12.0. The predicted molar refractivity (Wildman–Crippen MR) is 79.6 cm³/mol. The van der Waals surface area contributed by atoms with E-state index in [1.165, 1.54) is 5.56 Å². The molecule has 0 bridgehead atoms. The summed E-state index contributed by atoms with van der Waals surface area (Å²) in [6, 6.07) is 10.0. The molecule has 2 rings (SSSR count). The molecule has 0 radical (unpaired) electrons. The van der Waals surface area contributed by atoms with Gasteiger partial charge >= 0.3 is 0 Å². The molecule has 4 N–H and O–H groups in total. The topological polar surface area (TPSA) is 83.8 Å². The highest BCUT2D eigenvalue weighted by Crippen LogP contribution is 2.21. The average Bonchev–Trinajstić information content (AvgIpc) is 2.82. The van der Waals surface area contributed by atoms with Crippen LogP contribution in [0.15, 0.2) is 30.3 Å². The van der Waals surface area contributed by atoms with E-state index < -0.39 is 0 Å². The molecule has 1 heterocycles. The van der Waals surface area contributed by atoms with Gasteiger partial charge in [0.05, 0.1) is 11.4 Å². The summed E-state index contributed by atoms with van der Waals surface area (Å²) in [5.74, 6) is -0.0186. The fourth-order valence-corrected chi connectivity index (χ4v) is 2.03. The van der Waals surface area contributed by atoms with E-state index in [-0.39, 0.29) is 17.5 Å². The Hall–Kier alpha value is -2.30. The summed E-state index contributed by atoms with van der Waals surface area (Å²) < 4.78 is 0. The maximum atomic E-state index is 12.0. The van der Waals surface area contributed by atoms with Crippen molar-refractivity contribution >= 4 is 11.6 Å². The van der Waals surface area contributed by atoms with Crippen molar-refractivity contribution in [3.8, 4) is 0 Å². The Kier molecular flexibility index (Phi) is 4.40. The van der Waals surface area contributed by atoms with Crippen LogP contribution in [0, 0.1) is 0 Å². The highest BCUT2D eigenvalue weighted by atomic mass is 16.1. The number of aromatic amines is 1. The van der Waals surface area contributed by atoms with Crippen LogP contribution < -0.4 is 11.1 Å². The first-order valence-electron chi connectivity index (χ1n) is 6.75. The molecule has 0 aliphatic rings. The van der Waals surface area contributed by atoms with Crippen molar-refractivity contribution in [2.75, 3.05) is 12.3 Å². The Labute approximate surface area is 118 Å². The Morgan fingerprint density at radius 2 is 2.05 bits per heavy atom. The Bertz CT molecular complexity index is 575. The molecule has 5 heteroatoms. The summed E-state index contributed by atoms with van der Waals surface area (Å²) in [5, 5.41) is 9.67. The monoisotopic (exact) mass is 272 g/mol. The number of rotatable bonds is 5. The maximum absolute atomic E-state index is 12.0. The standard InChI is InChI=1S/C15H20N4O/c1-10(2)13-12(16)14(19-18-13)15(20)17-9-8-11-6-4-3-5-7-11/h3-7,10H,8-9,16H2,1-2H3,(H,17,20)(H,18,19). The Balaban J connectivity index is 1.92. The van der Waals surface area contributed by atoms with E-state index >= 15 is 0 Å². The third-order valence-corrected chi connectivity index (χ3v) is 3.17. The van der Waals surface area contributed by atoms with Gasteiger partial charge < -0.3 is 11.1 Å². The van der Waals surface area contributed by atoms with Gasteiger partial charge in [-0.15, -0.1) is 0 Å². The minimum atomic E-state index is -0.235. The molecule has 0 atom stereocenters. The lowest BCUT2D eigenvalue weighted by Gasteiger charge is -2.05. The second kappa shape index (κ2) is 6.23. The summed E-state index contributed by atoms with van der Waals surface area (Å²) in [7, 11) is 0. The zero-order chi connectivity index (χ0) is 14.5. The summed E-state index contributed by atoms with van der Waals surface area (Å²) in [5.41, 5.74) is 8.64. The maximum Gasteiger partial charge on any atom is 0.273 e. The molecule has 0 aliphatic heterocycles. The van der Waals surface area contributed by atoms with Gasteiger partial charge in [-0.1, -0.05) is 44.2 Å². The molecule has 1 aromatic carbocycles. The lowest BCUT2D eigenvalue weighted by molar-refractivity contribution is 0.0950. The van der Waals surface area contributed by atoms with Crippen LogP contribution in [0.25, 0.3) is 0 Å². The zero-order valence-corrected chi connectivity index (χ0v) is 11.8. The van der Waals surface area contributed by atoms with E-state index in [0.29, 0.717) is 12.2 Å². The van der Waals surface area contributed by atoms with Gasteiger partial charge in [0.2, 0.25) is 0 Å². The highest BCUT2D eigenvalue weighted by molar-refractivity contribution is 5.97. The molecule has 1 amide bonds. The van der Waals surface area contributed by atoms with Gasteiger partial charge in [0.15, 0.2) is 5.69 Å². The number of nitrogens with two attached hydrogens (primary N) is 1. The number of nitrogens with one attached hydrogen (secondary N) is 2. The van der Waals surface area contributed by atoms with Crippen LogP contribution in [0.5, 0.6) is 0 Å². The number of benzene rings is 1. The smallest absolute Gasteiger partial charge is 0.273 e. The fourth-order valence-electron chi connectivity index (χ4n) is 2.03. The minimum Gasteiger partial charge on any atom is -0.395 e. The molecule has 5 nitrogen and oxygen atoms in total. The van der Waals surface area contributed by atoms with Gasteiger partial charge in [-0.2, -0.15) is 5.10 Å². The third kappa shape index (κ3) is 3.17. The van der Waals surface area contributed by atoms with Gasteiger partial charge in [0, 0.05) is 6.54 Å². The van der Waals surface area contributed by atoms with Gasteiger partial charge in [0.25, 0.3) is 5.91 Å². The summed E-state index contributed by atoms with van der Waals surface area (Å²) in [6.07, 6.45) is 0.786. The molecular formula is C15H20N4O. The first-order valence-corrected chi connectivity index (χ1v) is 6.75. The van der Waals surface area contributed by atoms with Crippen molar-refractivity contribution < 1.29 is 4.79 Å². The molecule has 0 aliphatic carbocycles. The molecule has 106 valence electrons. The number of amides is 1. The molecule has 0 fully saturated rings. The fraction of sp³-hybridized carbons (Fsp3) is 0.333. The van der Waals surface area contributed by atoms with Crippen LogP contribution in [-0.2, 0) is 6.42 Å². The van der Waals surface area contributed by atoms with Gasteiger partial charge in [-0.05, 0) is 17.9 Å². The first-order chi connectivity index (χ1) is 9.59. The average molecular weight is 272 g/mol. The SMILES string of the molecule is CC(C)c1[nH]nc(C(=O)NCCc2ccccc2)c1N. The molecule has 0 spiro atoms. The third-order valence-electron chi connectivity index (χ3n) is 3.17. The van der Waals surface area contributed by atoms with E-state index in [2.05, 4.69) is 15.5 Å². The Morgan fingerprint density at radius 3 is 2.65 bits per heavy atom. The van der Waals surface area contributed by atoms with Crippen molar-refractivity contribution in [3.05, 3.63) is 47.3 Å². The number of H-pyrrole nitrogens is 1. The predicted octanol–water partition coefficient (Wildman–Crippen LogP) is 2.09.